The number of aliphatic hydroxyl groups is 2. The van der Waals surface area contributed by atoms with Crippen LogP contribution in [0.5, 0.6) is 0 Å². The molecule has 17 heavy (non-hydrogen) atoms. The summed E-state index contributed by atoms with van der Waals surface area (Å²) in [5.41, 5.74) is -0.418. The van der Waals surface area contributed by atoms with E-state index in [-0.39, 0.29) is 0 Å². The van der Waals surface area contributed by atoms with E-state index in [1.807, 2.05) is 0 Å². The fraction of sp³-hybridized carbons (Fsp3) is 0.500. The first kappa shape index (κ1) is 13.3. The Balaban J connectivity index is 2.21. The van der Waals surface area contributed by atoms with Gasteiger partial charge in [0, 0.05) is 24.4 Å². The summed E-state index contributed by atoms with van der Waals surface area (Å²) in [6.07, 6.45) is 0.579. The zero-order valence-corrected chi connectivity index (χ0v) is 11.4. The molecule has 0 amide bonds. The van der Waals surface area contributed by atoms with Crippen molar-refractivity contribution < 1.29 is 10.2 Å². The fourth-order valence-corrected chi connectivity index (χ4v) is 2.68. The maximum Gasteiger partial charge on any atom is 0.118 e. The molecule has 1 saturated heterocycles. The minimum Gasteiger partial charge on any atom is -0.388 e. The summed E-state index contributed by atoms with van der Waals surface area (Å²) < 4.78 is 0. The molecule has 0 radical (unpaired) electrons. The number of nitrogens with zero attached hydrogens (tertiary/aromatic N) is 1. The van der Waals surface area contributed by atoms with Crippen LogP contribution in [0.3, 0.4) is 0 Å². The molecule has 94 valence electrons. The molecule has 0 bridgehead atoms. The average Bonchev–Trinajstić information content (AvgIpc) is 2.33. The van der Waals surface area contributed by atoms with Crippen molar-refractivity contribution >= 4 is 20.8 Å². The third-order valence-electron chi connectivity index (χ3n) is 3.39. The molecule has 0 aliphatic carbocycles. The van der Waals surface area contributed by atoms with E-state index in [1.54, 1.807) is 24.3 Å². The smallest absolute Gasteiger partial charge is 0.118 e. The summed E-state index contributed by atoms with van der Waals surface area (Å²) >= 11 is 5.82. The van der Waals surface area contributed by atoms with Crippen LogP contribution in [0.4, 0.5) is 0 Å². The molecule has 5 heteroatoms. The number of piperidine rings is 1. The summed E-state index contributed by atoms with van der Waals surface area (Å²) in [5.74, 6) is 0. The lowest BCUT2D eigenvalue weighted by Crippen LogP contribution is -2.53. The van der Waals surface area contributed by atoms with Crippen LogP contribution in [0, 0.1) is 0 Å². The minimum absolute atomic E-state index is 0.489. The molecule has 1 unspecified atom stereocenters. The van der Waals surface area contributed by atoms with Gasteiger partial charge in [-0.2, -0.15) is 0 Å². The zero-order chi connectivity index (χ0) is 12.5. The van der Waals surface area contributed by atoms with Gasteiger partial charge in [-0.25, -0.2) is 0 Å². The maximum absolute atomic E-state index is 10.6. The number of hydrogen-bond donors (Lipinski definition) is 2. The molecule has 0 spiro atoms. The molecule has 3 nitrogen and oxygen atoms in total. The highest BCUT2D eigenvalue weighted by Crippen LogP contribution is 2.33. The third-order valence-corrected chi connectivity index (χ3v) is 4.16. The van der Waals surface area contributed by atoms with Crippen LogP contribution in [0.25, 0.3) is 0 Å². The quantitative estimate of drug-likeness (QED) is 0.801. The van der Waals surface area contributed by atoms with E-state index < -0.39 is 11.7 Å². The summed E-state index contributed by atoms with van der Waals surface area (Å²) in [6, 6.07) is 7.04. The summed E-state index contributed by atoms with van der Waals surface area (Å²) in [7, 11) is 2.63. The molecular formula is C12H17ClNO2P. The largest absolute Gasteiger partial charge is 0.388 e. The second-order valence-corrected chi connectivity index (χ2v) is 5.26. The van der Waals surface area contributed by atoms with Crippen LogP contribution in [-0.4, -0.2) is 40.6 Å². The average molecular weight is 274 g/mol. The first-order chi connectivity index (χ1) is 8.06. The Morgan fingerprint density at radius 1 is 1.41 bits per heavy atom. The Morgan fingerprint density at radius 2 is 2.06 bits per heavy atom. The molecule has 1 aromatic rings. The normalized spacial score (nSPS) is 30.5. The number of aliphatic hydroxyl groups excluding tert-OH is 1. The highest BCUT2D eigenvalue weighted by molar-refractivity contribution is 7.16. The van der Waals surface area contributed by atoms with Gasteiger partial charge in [-0.05, 0) is 24.1 Å². The lowest BCUT2D eigenvalue weighted by atomic mass is 9.82. The second kappa shape index (κ2) is 5.21. The van der Waals surface area contributed by atoms with E-state index >= 15 is 0 Å². The number of β-amino-alcohol motifs (C(OH)–C–C–N with tert-alkyl or cyclic N) is 1. The first-order valence-electron chi connectivity index (χ1n) is 5.65. The molecule has 1 aromatic carbocycles. The summed E-state index contributed by atoms with van der Waals surface area (Å²) in [6.45, 7) is 1.27. The topological polar surface area (TPSA) is 43.7 Å². The van der Waals surface area contributed by atoms with E-state index in [4.69, 9.17) is 11.6 Å². The van der Waals surface area contributed by atoms with Crippen molar-refractivity contribution in [3.05, 3.63) is 34.9 Å². The number of rotatable bonds is 2. The van der Waals surface area contributed by atoms with Crippen LogP contribution < -0.4 is 0 Å². The highest BCUT2D eigenvalue weighted by Gasteiger charge is 2.41. The monoisotopic (exact) mass is 273 g/mol. The fourth-order valence-electron chi connectivity index (χ4n) is 2.22. The van der Waals surface area contributed by atoms with Crippen LogP contribution in [0.1, 0.15) is 12.0 Å². The van der Waals surface area contributed by atoms with E-state index in [1.165, 1.54) is 0 Å². The van der Waals surface area contributed by atoms with Crippen molar-refractivity contribution in [3.8, 4) is 0 Å². The molecule has 2 N–H and O–H groups in total. The lowest BCUT2D eigenvalue weighted by molar-refractivity contribution is -0.121. The molecule has 1 aliphatic heterocycles. The van der Waals surface area contributed by atoms with Crippen molar-refractivity contribution in [1.29, 1.82) is 0 Å². The van der Waals surface area contributed by atoms with Gasteiger partial charge in [0.25, 0.3) is 0 Å². The molecular weight excluding hydrogens is 257 g/mol. The molecule has 0 saturated carbocycles. The van der Waals surface area contributed by atoms with Crippen molar-refractivity contribution in [2.24, 2.45) is 0 Å². The Hall–Kier alpha value is -0.180. The zero-order valence-electron chi connectivity index (χ0n) is 9.51. The highest BCUT2D eigenvalue weighted by atomic mass is 35.5. The minimum atomic E-state index is -1.15. The van der Waals surface area contributed by atoms with Gasteiger partial charge in [0.05, 0.1) is 6.10 Å². The van der Waals surface area contributed by atoms with Gasteiger partial charge in [0.1, 0.15) is 5.60 Å². The van der Waals surface area contributed by atoms with E-state index in [2.05, 4.69) is 14.1 Å². The molecule has 3 atom stereocenters. The molecule has 1 aliphatic rings. The number of likely N-dealkylation sites (tertiary alicyclic amines) is 1. The SMILES string of the molecule is O[C@@H]1CN(CP)CC[C@@]1(O)c1ccc(Cl)cc1. The first-order valence-corrected chi connectivity index (χ1v) is 6.84. The van der Waals surface area contributed by atoms with Crippen LogP contribution in [0.2, 0.25) is 5.02 Å². The molecule has 1 heterocycles. The van der Waals surface area contributed by atoms with Crippen LogP contribution >= 0.6 is 20.8 Å². The molecule has 2 rings (SSSR count). The summed E-state index contributed by atoms with van der Waals surface area (Å²) in [4.78, 5) is 2.10. The van der Waals surface area contributed by atoms with Crippen molar-refractivity contribution in [2.75, 3.05) is 19.4 Å². The Morgan fingerprint density at radius 3 is 2.59 bits per heavy atom. The second-order valence-electron chi connectivity index (χ2n) is 4.46. The van der Waals surface area contributed by atoms with E-state index in [0.717, 1.165) is 18.4 Å². The number of benzene rings is 1. The van der Waals surface area contributed by atoms with Gasteiger partial charge in [-0.1, -0.05) is 23.7 Å². The van der Waals surface area contributed by atoms with Gasteiger partial charge in [-0.3, -0.25) is 4.90 Å². The lowest BCUT2D eigenvalue weighted by Gasteiger charge is -2.42. The van der Waals surface area contributed by atoms with Gasteiger partial charge in [-0.15, -0.1) is 9.24 Å². The van der Waals surface area contributed by atoms with Gasteiger partial charge in [0.2, 0.25) is 0 Å². The Kier molecular flexibility index (Phi) is 4.06. The third kappa shape index (κ3) is 2.64. The van der Waals surface area contributed by atoms with Gasteiger partial charge < -0.3 is 10.2 Å². The van der Waals surface area contributed by atoms with Crippen molar-refractivity contribution in [1.82, 2.24) is 4.90 Å². The predicted molar refractivity (Wildman–Crippen MR) is 72.1 cm³/mol. The number of hydrogen-bond acceptors (Lipinski definition) is 3. The molecule has 0 aromatic heterocycles. The van der Waals surface area contributed by atoms with Gasteiger partial charge in [0.15, 0.2) is 0 Å². The van der Waals surface area contributed by atoms with Crippen LogP contribution in [0.15, 0.2) is 24.3 Å². The van der Waals surface area contributed by atoms with Gasteiger partial charge >= 0.3 is 0 Å². The Bertz CT molecular complexity index is 387. The predicted octanol–water partition coefficient (Wildman–Crippen LogP) is 1.43. The Labute approximate surface area is 109 Å². The van der Waals surface area contributed by atoms with Crippen molar-refractivity contribution in [2.45, 2.75) is 18.1 Å². The van der Waals surface area contributed by atoms with E-state index in [9.17, 15) is 10.2 Å². The maximum atomic E-state index is 10.6. The van der Waals surface area contributed by atoms with Crippen molar-refractivity contribution in [3.63, 3.8) is 0 Å². The molecule has 1 fully saturated rings. The standard InChI is InChI=1S/C12H17ClNO2P/c13-10-3-1-9(2-4-10)12(16)5-6-14(8-17)7-11(12)15/h1-4,11,15-16H,5-8,17H2/t11-,12-/m1/s1. The van der Waals surface area contributed by atoms with E-state index in [0.29, 0.717) is 18.0 Å². The number of halogens is 1. The summed E-state index contributed by atoms with van der Waals surface area (Å²) in [5, 5.41) is 21.3. The van der Waals surface area contributed by atoms with Crippen LogP contribution in [-0.2, 0) is 5.60 Å².